The fourth-order valence-electron chi connectivity index (χ4n) is 14.6. The molecule has 9 rings (SSSR count). The number of fused-ring (bicyclic) bond motifs is 7. The molecule has 2 bridgehead atoms. The predicted octanol–water partition coefficient (Wildman–Crippen LogP) is 4.38. The number of hydrogen-bond donors (Lipinski definition) is 4. The molecule has 5 saturated carbocycles. The highest BCUT2D eigenvalue weighted by molar-refractivity contribution is 5.68. The van der Waals surface area contributed by atoms with E-state index in [0.717, 1.165) is 77.4 Å². The maximum atomic E-state index is 13.3. The number of nitrogens with zero attached hydrogens (tertiary/aromatic N) is 1. The van der Waals surface area contributed by atoms with Gasteiger partial charge in [-0.3, -0.25) is 4.79 Å². The molecule has 5 unspecified atom stereocenters. The van der Waals surface area contributed by atoms with Gasteiger partial charge in [-0.15, -0.1) is 0 Å². The van der Waals surface area contributed by atoms with Crippen molar-refractivity contribution in [3.05, 3.63) is 0 Å². The molecular formula is C39H63N3O7. The summed E-state index contributed by atoms with van der Waals surface area (Å²) in [4.78, 5) is 27.9. The first-order valence-corrected chi connectivity index (χ1v) is 19.6. The van der Waals surface area contributed by atoms with Crippen molar-refractivity contribution < 1.29 is 34.0 Å². The van der Waals surface area contributed by atoms with Crippen LogP contribution < -0.4 is 11.1 Å². The normalized spacial score (nSPS) is 52.7. The second-order valence-corrected chi connectivity index (χ2v) is 19.7. The number of aliphatic hydroxyl groups excluding tert-OH is 1. The SMILES string of the molecule is CC(=O)O[C@@H](C1C[C@@H](C)[C@H]2C(O1)[C@H](O)[C@@]1(N)C3CC[C@H]4C(C)(C)[C@@H](OC(=O)NC5CN6CCC5CC6)CCC45C[C@@]35CC[C@]21C)C(C)(C)O. The van der Waals surface area contributed by atoms with E-state index in [1.54, 1.807) is 13.8 Å². The molecule has 4 heterocycles. The molecule has 0 aromatic rings. The number of nitrogens with one attached hydrogen (secondary N) is 1. The van der Waals surface area contributed by atoms with Crippen molar-refractivity contribution in [3.8, 4) is 0 Å². The van der Waals surface area contributed by atoms with Crippen molar-refractivity contribution >= 4 is 12.1 Å². The van der Waals surface area contributed by atoms with Gasteiger partial charge in [-0.25, -0.2) is 4.79 Å². The van der Waals surface area contributed by atoms with Crippen LogP contribution in [-0.4, -0.2) is 94.5 Å². The van der Waals surface area contributed by atoms with Gasteiger partial charge in [0.15, 0.2) is 6.10 Å². The van der Waals surface area contributed by atoms with Gasteiger partial charge in [-0.05, 0) is 137 Å². The molecule has 14 atom stereocenters. The number of rotatable bonds is 5. The van der Waals surface area contributed by atoms with E-state index in [1.165, 1.54) is 6.92 Å². The van der Waals surface area contributed by atoms with Gasteiger partial charge in [0.05, 0.1) is 29.5 Å². The zero-order valence-electron chi connectivity index (χ0n) is 31.0. The molecule has 9 fully saturated rings. The van der Waals surface area contributed by atoms with Crippen molar-refractivity contribution in [2.75, 3.05) is 19.6 Å². The van der Waals surface area contributed by atoms with Crippen molar-refractivity contribution in [2.45, 2.75) is 160 Å². The van der Waals surface area contributed by atoms with Gasteiger partial charge >= 0.3 is 12.1 Å². The minimum Gasteiger partial charge on any atom is -0.457 e. The Bertz CT molecular complexity index is 1360. The molecule has 0 radical (unpaired) electrons. The molecule has 0 aromatic carbocycles. The molecule has 10 nitrogen and oxygen atoms in total. The van der Waals surface area contributed by atoms with Gasteiger partial charge in [-0.1, -0.05) is 27.7 Å². The minimum absolute atomic E-state index is 0.0728. The third-order valence-electron chi connectivity index (χ3n) is 16.8. The largest absolute Gasteiger partial charge is 0.457 e. The zero-order valence-corrected chi connectivity index (χ0v) is 31.0. The van der Waals surface area contributed by atoms with Crippen molar-refractivity contribution in [1.82, 2.24) is 10.2 Å². The number of alkyl carbamates (subject to hydrolysis) is 1. The molecule has 4 aliphatic heterocycles. The van der Waals surface area contributed by atoms with Crippen molar-refractivity contribution in [3.63, 3.8) is 0 Å². The number of nitrogens with two attached hydrogens (primary N) is 1. The Labute approximate surface area is 292 Å². The van der Waals surface area contributed by atoms with Crippen molar-refractivity contribution in [1.29, 1.82) is 0 Å². The summed E-state index contributed by atoms with van der Waals surface area (Å²) in [6.45, 7) is 17.1. The first-order chi connectivity index (χ1) is 22.9. The third kappa shape index (κ3) is 4.67. The van der Waals surface area contributed by atoms with Crippen LogP contribution in [0.4, 0.5) is 4.79 Å². The number of ether oxygens (including phenoxy) is 3. The summed E-state index contributed by atoms with van der Waals surface area (Å²) in [7, 11) is 0. The number of aliphatic hydroxyl groups is 2. The number of carbonyl (C=O) groups is 2. The lowest BCUT2D eigenvalue weighted by molar-refractivity contribution is -0.216. The van der Waals surface area contributed by atoms with Gasteiger partial charge in [0.2, 0.25) is 0 Å². The quantitative estimate of drug-likeness (QED) is 0.310. The first kappa shape index (κ1) is 34.6. The first-order valence-electron chi connectivity index (χ1n) is 19.6. The van der Waals surface area contributed by atoms with Crippen LogP contribution in [0.15, 0.2) is 0 Å². The maximum Gasteiger partial charge on any atom is 0.407 e. The fraction of sp³-hybridized carbons (Fsp3) is 0.949. The van der Waals surface area contributed by atoms with Gasteiger partial charge in [0, 0.05) is 24.9 Å². The number of carbonyl (C=O) groups excluding carboxylic acids is 2. The Morgan fingerprint density at radius 3 is 2.33 bits per heavy atom. The van der Waals surface area contributed by atoms with E-state index in [2.05, 4.69) is 37.9 Å². The lowest BCUT2D eigenvalue weighted by Crippen LogP contribution is -2.70. The van der Waals surface area contributed by atoms with Gasteiger partial charge in [0.1, 0.15) is 6.10 Å². The van der Waals surface area contributed by atoms with E-state index in [1.807, 2.05) is 0 Å². The number of amides is 1. The van der Waals surface area contributed by atoms with Gasteiger partial charge < -0.3 is 40.4 Å². The summed E-state index contributed by atoms with van der Waals surface area (Å²) in [6.07, 6.45) is 6.95. The van der Waals surface area contributed by atoms with Crippen LogP contribution in [0.2, 0.25) is 0 Å². The molecule has 5 aliphatic carbocycles. The lowest BCUT2D eigenvalue weighted by Gasteiger charge is -2.63. The van der Waals surface area contributed by atoms with E-state index in [0.29, 0.717) is 18.3 Å². The summed E-state index contributed by atoms with van der Waals surface area (Å²) < 4.78 is 18.8. The average molecular weight is 686 g/mol. The second-order valence-electron chi connectivity index (χ2n) is 19.7. The molecule has 10 heteroatoms. The predicted molar refractivity (Wildman–Crippen MR) is 183 cm³/mol. The molecule has 276 valence electrons. The van der Waals surface area contributed by atoms with Crippen LogP contribution in [0.25, 0.3) is 0 Å². The zero-order chi connectivity index (χ0) is 35.1. The lowest BCUT2D eigenvalue weighted by atomic mass is 9.43. The van der Waals surface area contributed by atoms with Crippen LogP contribution in [0.5, 0.6) is 0 Å². The molecular weight excluding hydrogens is 622 g/mol. The van der Waals surface area contributed by atoms with E-state index in [-0.39, 0.29) is 57.7 Å². The Balaban J connectivity index is 1.01. The second kappa shape index (κ2) is 11.0. The number of esters is 1. The van der Waals surface area contributed by atoms with Crippen LogP contribution in [0.3, 0.4) is 0 Å². The molecule has 2 spiro atoms. The number of piperidine rings is 3. The number of hydrogen-bond acceptors (Lipinski definition) is 9. The van der Waals surface area contributed by atoms with E-state index < -0.39 is 41.5 Å². The van der Waals surface area contributed by atoms with Crippen molar-refractivity contribution in [2.24, 2.45) is 57.0 Å². The fourth-order valence-corrected chi connectivity index (χ4v) is 14.6. The molecule has 0 aromatic heterocycles. The molecule has 9 aliphatic rings. The highest BCUT2D eigenvalue weighted by Crippen LogP contribution is 2.87. The highest BCUT2D eigenvalue weighted by Gasteiger charge is 2.85. The van der Waals surface area contributed by atoms with Gasteiger partial charge in [-0.2, -0.15) is 0 Å². The summed E-state index contributed by atoms with van der Waals surface area (Å²) >= 11 is 0. The topological polar surface area (TPSA) is 144 Å². The molecule has 1 amide bonds. The van der Waals surface area contributed by atoms with Crippen LogP contribution in [0, 0.1) is 51.2 Å². The van der Waals surface area contributed by atoms with E-state index >= 15 is 0 Å². The van der Waals surface area contributed by atoms with Crippen LogP contribution >= 0.6 is 0 Å². The van der Waals surface area contributed by atoms with E-state index in [4.69, 9.17) is 19.9 Å². The Morgan fingerprint density at radius 2 is 1.69 bits per heavy atom. The molecule has 4 saturated heterocycles. The monoisotopic (exact) mass is 685 g/mol. The Kier molecular flexibility index (Phi) is 7.79. The average Bonchev–Trinajstić information content (AvgIpc) is 3.66. The van der Waals surface area contributed by atoms with Gasteiger partial charge in [0.25, 0.3) is 0 Å². The van der Waals surface area contributed by atoms with E-state index in [9.17, 15) is 19.8 Å². The standard InChI is InChI=1S/C39H63N3O7/c1-21-18-25(32(35(5,6)46)47-22(2)43)48-30-29(21)36(7)14-15-38-20-37(38)13-10-28(49-33(45)41-24-19-42-16-11-23(24)12-17-42)34(3,4)26(37)8-9-27(38)39(36,40)31(30)44/h21,23-32,44,46H,8-20,40H2,1-7H3,(H,41,45)/t21-,24?,25?,26+,27?,28+,29+,30?,31+,32+,36-,37?,38+,39+/m1/s1. The smallest absolute Gasteiger partial charge is 0.407 e. The third-order valence-corrected chi connectivity index (χ3v) is 16.8. The van der Waals surface area contributed by atoms with Crippen LogP contribution in [0.1, 0.15) is 113 Å². The Hall–Kier alpha value is -1.46. The maximum absolute atomic E-state index is 13.3. The summed E-state index contributed by atoms with van der Waals surface area (Å²) in [6, 6.07) is 0.193. The van der Waals surface area contributed by atoms with Crippen LogP contribution in [-0.2, 0) is 19.0 Å². The Morgan fingerprint density at radius 1 is 1.02 bits per heavy atom. The summed E-state index contributed by atoms with van der Waals surface area (Å²) in [5, 5.41) is 26.7. The minimum atomic E-state index is -1.30. The summed E-state index contributed by atoms with van der Waals surface area (Å²) in [5.41, 5.74) is 5.44. The summed E-state index contributed by atoms with van der Waals surface area (Å²) in [5.74, 6) is 0.966. The molecule has 49 heavy (non-hydrogen) atoms. The highest BCUT2D eigenvalue weighted by atomic mass is 16.6. The molecule has 5 N–H and O–H groups in total.